The quantitative estimate of drug-likeness (QED) is 0.789. The van der Waals surface area contributed by atoms with Crippen LogP contribution in [0.1, 0.15) is 0 Å². The van der Waals surface area contributed by atoms with Crippen molar-refractivity contribution in [3.8, 4) is 0 Å². The number of pyridine rings is 1. The van der Waals surface area contributed by atoms with E-state index in [1.54, 1.807) is 16.0 Å². The number of carbonyl (C=O) groups is 2. The van der Waals surface area contributed by atoms with Crippen molar-refractivity contribution in [1.82, 2.24) is 9.88 Å². The average molecular weight is 346 g/mol. The molecule has 130 valence electrons. The molecule has 6 heteroatoms. The molecule has 3 amide bonds. The van der Waals surface area contributed by atoms with Gasteiger partial charge in [-0.1, -0.05) is 24.3 Å². The van der Waals surface area contributed by atoms with Crippen molar-refractivity contribution in [2.24, 2.45) is 0 Å². The van der Waals surface area contributed by atoms with E-state index in [1.165, 1.54) is 0 Å². The first-order valence-corrected chi connectivity index (χ1v) is 8.47. The van der Waals surface area contributed by atoms with Gasteiger partial charge in [0.15, 0.2) is 0 Å². The number of rotatable bonds is 4. The van der Waals surface area contributed by atoms with Crippen LogP contribution in [0.5, 0.6) is 0 Å². The number of amides is 3. The number of carbonyl (C=O) groups excluding carboxylic acids is 2. The molecule has 0 saturated carbocycles. The lowest BCUT2D eigenvalue weighted by Crippen LogP contribution is -2.37. The van der Waals surface area contributed by atoms with Gasteiger partial charge < -0.3 is 10.2 Å². The average Bonchev–Trinajstić information content (AvgIpc) is 3.02. The van der Waals surface area contributed by atoms with Crippen molar-refractivity contribution in [1.29, 1.82) is 0 Å². The van der Waals surface area contributed by atoms with E-state index in [4.69, 9.17) is 0 Å². The van der Waals surface area contributed by atoms with E-state index < -0.39 is 0 Å². The molecule has 0 bridgehead atoms. The molecular formula is C20H18N4O2. The molecule has 0 aliphatic carbocycles. The second-order valence-corrected chi connectivity index (χ2v) is 6.15. The first kappa shape index (κ1) is 16.1. The maximum absolute atomic E-state index is 12.5. The SMILES string of the molecule is O=C(CN1CCN(c2ccccc2)C1=O)Nc1ccc2ncccc2c1. The number of benzene rings is 2. The molecule has 0 radical (unpaired) electrons. The third-order valence-electron chi connectivity index (χ3n) is 4.38. The highest BCUT2D eigenvalue weighted by Crippen LogP contribution is 2.20. The molecule has 0 atom stereocenters. The Kier molecular flexibility index (Phi) is 4.23. The number of urea groups is 1. The molecule has 4 rings (SSSR count). The van der Waals surface area contributed by atoms with Crippen LogP contribution in [0.3, 0.4) is 0 Å². The summed E-state index contributed by atoms with van der Waals surface area (Å²) < 4.78 is 0. The Hall–Kier alpha value is -3.41. The number of para-hydroxylation sites is 1. The van der Waals surface area contributed by atoms with Gasteiger partial charge in [0, 0.05) is 36.0 Å². The van der Waals surface area contributed by atoms with Gasteiger partial charge in [0.2, 0.25) is 5.91 Å². The van der Waals surface area contributed by atoms with Gasteiger partial charge in [0.1, 0.15) is 6.54 Å². The van der Waals surface area contributed by atoms with Crippen LogP contribution in [-0.4, -0.2) is 41.5 Å². The first-order chi connectivity index (χ1) is 12.7. The van der Waals surface area contributed by atoms with E-state index in [2.05, 4.69) is 10.3 Å². The molecule has 1 N–H and O–H groups in total. The molecule has 1 fully saturated rings. The Morgan fingerprint density at radius 2 is 1.88 bits per heavy atom. The summed E-state index contributed by atoms with van der Waals surface area (Å²) in [6, 6.07) is 18.7. The molecule has 26 heavy (non-hydrogen) atoms. The minimum Gasteiger partial charge on any atom is -0.325 e. The summed E-state index contributed by atoms with van der Waals surface area (Å²) in [5.41, 5.74) is 2.42. The summed E-state index contributed by atoms with van der Waals surface area (Å²) in [5, 5.41) is 3.81. The van der Waals surface area contributed by atoms with E-state index in [-0.39, 0.29) is 18.5 Å². The van der Waals surface area contributed by atoms with Gasteiger partial charge in [0.25, 0.3) is 0 Å². The van der Waals surface area contributed by atoms with Gasteiger partial charge in [0.05, 0.1) is 5.52 Å². The molecule has 1 aromatic heterocycles. The zero-order valence-electron chi connectivity index (χ0n) is 14.1. The number of anilines is 2. The molecule has 1 saturated heterocycles. The maximum atomic E-state index is 12.5. The normalized spacial score (nSPS) is 14.1. The Morgan fingerprint density at radius 3 is 2.73 bits per heavy atom. The second kappa shape index (κ2) is 6.84. The summed E-state index contributed by atoms with van der Waals surface area (Å²) in [6.45, 7) is 1.15. The Labute approximate surface area is 151 Å². The third kappa shape index (κ3) is 3.21. The molecule has 0 unspecified atom stereocenters. The fraction of sp³-hybridized carbons (Fsp3) is 0.150. The molecule has 6 nitrogen and oxygen atoms in total. The van der Waals surface area contributed by atoms with Crippen LogP contribution < -0.4 is 10.2 Å². The van der Waals surface area contributed by atoms with E-state index >= 15 is 0 Å². The second-order valence-electron chi connectivity index (χ2n) is 6.15. The molecule has 1 aliphatic heterocycles. The van der Waals surface area contributed by atoms with E-state index in [0.29, 0.717) is 18.8 Å². The van der Waals surface area contributed by atoms with Crippen molar-refractivity contribution in [2.75, 3.05) is 29.9 Å². The Morgan fingerprint density at radius 1 is 1.04 bits per heavy atom. The van der Waals surface area contributed by atoms with Gasteiger partial charge >= 0.3 is 6.03 Å². The topological polar surface area (TPSA) is 65.5 Å². The monoisotopic (exact) mass is 346 g/mol. The fourth-order valence-corrected chi connectivity index (χ4v) is 3.10. The zero-order chi connectivity index (χ0) is 17.9. The largest absolute Gasteiger partial charge is 0.325 e. The van der Waals surface area contributed by atoms with Gasteiger partial charge in [-0.2, -0.15) is 0 Å². The number of aromatic nitrogens is 1. The van der Waals surface area contributed by atoms with Gasteiger partial charge in [-0.05, 0) is 36.4 Å². The minimum absolute atomic E-state index is 0.0350. The Bertz CT molecular complexity index is 958. The van der Waals surface area contributed by atoms with Crippen LogP contribution in [0.4, 0.5) is 16.2 Å². The zero-order valence-corrected chi connectivity index (χ0v) is 14.1. The summed E-state index contributed by atoms with van der Waals surface area (Å²) in [5.74, 6) is -0.212. The highest BCUT2D eigenvalue weighted by Gasteiger charge is 2.30. The molecule has 0 spiro atoms. The lowest BCUT2D eigenvalue weighted by molar-refractivity contribution is -0.116. The van der Waals surface area contributed by atoms with Gasteiger partial charge in [-0.25, -0.2) is 4.79 Å². The lowest BCUT2D eigenvalue weighted by Gasteiger charge is -2.18. The first-order valence-electron chi connectivity index (χ1n) is 8.47. The maximum Gasteiger partial charge on any atom is 0.325 e. The standard InChI is InChI=1S/C20H18N4O2/c25-19(22-16-8-9-18-15(13-16)5-4-10-21-18)14-23-11-12-24(20(23)26)17-6-2-1-3-7-17/h1-10,13H,11-12,14H2,(H,22,25). The Balaban J connectivity index is 1.41. The number of hydrogen-bond acceptors (Lipinski definition) is 3. The molecule has 2 aromatic carbocycles. The summed E-state index contributed by atoms with van der Waals surface area (Å²) >= 11 is 0. The molecule has 2 heterocycles. The van der Waals surface area contributed by atoms with Crippen molar-refractivity contribution < 1.29 is 9.59 Å². The number of nitrogens with one attached hydrogen (secondary N) is 1. The molecule has 3 aromatic rings. The fourth-order valence-electron chi connectivity index (χ4n) is 3.10. The smallest absolute Gasteiger partial charge is 0.325 e. The van der Waals surface area contributed by atoms with Gasteiger partial charge in [-0.15, -0.1) is 0 Å². The van der Waals surface area contributed by atoms with Crippen molar-refractivity contribution in [3.05, 3.63) is 66.9 Å². The van der Waals surface area contributed by atoms with E-state index in [0.717, 1.165) is 16.6 Å². The van der Waals surface area contributed by atoms with Crippen LogP contribution in [-0.2, 0) is 4.79 Å². The van der Waals surface area contributed by atoms with E-state index in [1.807, 2.05) is 60.7 Å². The summed E-state index contributed by atoms with van der Waals surface area (Å²) in [4.78, 5) is 32.4. The van der Waals surface area contributed by atoms with Crippen molar-refractivity contribution >= 4 is 34.2 Å². The lowest BCUT2D eigenvalue weighted by atomic mass is 10.2. The third-order valence-corrected chi connectivity index (χ3v) is 4.38. The van der Waals surface area contributed by atoms with Crippen LogP contribution in [0, 0.1) is 0 Å². The number of hydrogen-bond donors (Lipinski definition) is 1. The highest BCUT2D eigenvalue weighted by atomic mass is 16.2. The number of nitrogens with zero attached hydrogens (tertiary/aromatic N) is 3. The summed E-state index contributed by atoms with van der Waals surface area (Å²) in [7, 11) is 0. The van der Waals surface area contributed by atoms with Gasteiger partial charge in [-0.3, -0.25) is 14.7 Å². The van der Waals surface area contributed by atoms with Crippen molar-refractivity contribution in [2.45, 2.75) is 0 Å². The van der Waals surface area contributed by atoms with Crippen LogP contribution in [0.25, 0.3) is 10.9 Å². The van der Waals surface area contributed by atoms with Crippen LogP contribution >= 0.6 is 0 Å². The van der Waals surface area contributed by atoms with Crippen molar-refractivity contribution in [3.63, 3.8) is 0 Å². The number of fused-ring (bicyclic) bond motifs is 1. The molecule has 1 aliphatic rings. The summed E-state index contributed by atoms with van der Waals surface area (Å²) in [6.07, 6.45) is 1.73. The van der Waals surface area contributed by atoms with Crippen LogP contribution in [0.2, 0.25) is 0 Å². The predicted octanol–water partition coefficient (Wildman–Crippen LogP) is 3.12. The highest BCUT2D eigenvalue weighted by molar-refractivity contribution is 6.00. The van der Waals surface area contributed by atoms with Crippen LogP contribution in [0.15, 0.2) is 66.9 Å². The minimum atomic E-state index is -0.212. The predicted molar refractivity (Wildman–Crippen MR) is 101 cm³/mol. The van der Waals surface area contributed by atoms with E-state index in [9.17, 15) is 9.59 Å². The molecular weight excluding hydrogens is 328 g/mol.